The Hall–Kier alpha value is -0.600. The van der Waals surface area contributed by atoms with Crippen molar-refractivity contribution in [2.75, 3.05) is 0 Å². The first kappa shape index (κ1) is 9.49. The van der Waals surface area contributed by atoms with Gasteiger partial charge >= 0.3 is 0 Å². The highest BCUT2D eigenvalue weighted by Crippen LogP contribution is 2.25. The molecule has 0 saturated carbocycles. The lowest BCUT2D eigenvalue weighted by Crippen LogP contribution is -2.09. The molecular formula is C9H11ClFN. The molecule has 1 aromatic rings. The van der Waals surface area contributed by atoms with Crippen molar-refractivity contribution in [2.24, 2.45) is 5.73 Å². The van der Waals surface area contributed by atoms with Crippen LogP contribution in [0, 0.1) is 5.82 Å². The van der Waals surface area contributed by atoms with Crippen LogP contribution >= 0.6 is 11.6 Å². The molecule has 1 aromatic carbocycles. The molecule has 0 fully saturated rings. The fourth-order valence-corrected chi connectivity index (χ4v) is 1.29. The summed E-state index contributed by atoms with van der Waals surface area (Å²) < 4.78 is 12.9. The van der Waals surface area contributed by atoms with E-state index in [1.807, 2.05) is 6.92 Å². The first-order chi connectivity index (χ1) is 5.66. The van der Waals surface area contributed by atoms with E-state index < -0.39 is 5.82 Å². The molecule has 3 heteroatoms. The predicted molar refractivity (Wildman–Crippen MR) is 48.6 cm³/mol. The second-order valence-corrected chi connectivity index (χ2v) is 3.04. The maximum Gasteiger partial charge on any atom is 0.142 e. The normalized spacial score (nSPS) is 13.0. The minimum Gasteiger partial charge on any atom is -0.324 e. The molecule has 0 bridgehead atoms. The molecule has 0 radical (unpaired) electrons. The smallest absolute Gasteiger partial charge is 0.142 e. The maximum absolute atomic E-state index is 12.9. The lowest BCUT2D eigenvalue weighted by Gasteiger charge is -2.10. The standard InChI is InChI=1S/C9H11ClFN/c1-2-8(12)6-4-3-5-7(11)9(6)10/h3-5,8H,2,12H2,1H3/t8-/m1/s1. The molecule has 1 atom stereocenters. The van der Waals surface area contributed by atoms with Crippen LogP contribution in [0.4, 0.5) is 4.39 Å². The quantitative estimate of drug-likeness (QED) is 0.757. The summed E-state index contributed by atoms with van der Waals surface area (Å²) in [6.07, 6.45) is 0.753. The van der Waals surface area contributed by atoms with Crippen molar-refractivity contribution in [1.82, 2.24) is 0 Å². The number of benzene rings is 1. The number of hydrogen-bond donors (Lipinski definition) is 1. The van der Waals surface area contributed by atoms with Gasteiger partial charge in [0.25, 0.3) is 0 Å². The van der Waals surface area contributed by atoms with Crippen LogP contribution in [0.15, 0.2) is 18.2 Å². The van der Waals surface area contributed by atoms with Crippen LogP contribution < -0.4 is 5.73 Å². The summed E-state index contributed by atoms with van der Waals surface area (Å²) in [7, 11) is 0. The minimum atomic E-state index is -0.405. The van der Waals surface area contributed by atoms with Gasteiger partial charge in [0.15, 0.2) is 0 Å². The van der Waals surface area contributed by atoms with Crippen molar-refractivity contribution in [3.63, 3.8) is 0 Å². The Morgan fingerprint density at radius 3 is 2.83 bits per heavy atom. The zero-order valence-electron chi connectivity index (χ0n) is 6.85. The SMILES string of the molecule is CC[C@@H](N)c1cccc(F)c1Cl. The van der Waals surface area contributed by atoms with Gasteiger partial charge in [-0.05, 0) is 18.1 Å². The number of hydrogen-bond acceptors (Lipinski definition) is 1. The molecule has 0 heterocycles. The van der Waals surface area contributed by atoms with Gasteiger partial charge < -0.3 is 5.73 Å². The van der Waals surface area contributed by atoms with Gasteiger partial charge in [-0.25, -0.2) is 4.39 Å². The van der Waals surface area contributed by atoms with Gasteiger partial charge in [-0.3, -0.25) is 0 Å². The summed E-state index contributed by atoms with van der Waals surface area (Å²) in [6.45, 7) is 1.94. The Bertz CT molecular complexity index is 275. The van der Waals surface area contributed by atoms with Crippen molar-refractivity contribution in [2.45, 2.75) is 19.4 Å². The summed E-state index contributed by atoms with van der Waals surface area (Å²) >= 11 is 5.71. The summed E-state index contributed by atoms with van der Waals surface area (Å²) in [5.41, 5.74) is 6.39. The zero-order chi connectivity index (χ0) is 9.14. The molecule has 0 aliphatic heterocycles. The van der Waals surface area contributed by atoms with Crippen molar-refractivity contribution >= 4 is 11.6 Å². The summed E-state index contributed by atoms with van der Waals surface area (Å²) in [4.78, 5) is 0. The fourth-order valence-electron chi connectivity index (χ4n) is 1.03. The average molecular weight is 188 g/mol. The molecule has 1 nitrogen and oxygen atoms in total. The van der Waals surface area contributed by atoms with Crippen molar-refractivity contribution in [3.05, 3.63) is 34.6 Å². The van der Waals surface area contributed by atoms with Gasteiger partial charge in [-0.2, -0.15) is 0 Å². The molecule has 0 unspecified atom stereocenters. The second kappa shape index (κ2) is 3.87. The van der Waals surface area contributed by atoms with Gasteiger partial charge in [-0.15, -0.1) is 0 Å². The molecule has 0 aliphatic rings. The number of nitrogens with two attached hydrogens (primary N) is 1. The number of halogens is 2. The summed E-state index contributed by atoms with van der Waals surface area (Å²) in [5, 5.41) is 0.145. The molecule has 0 aliphatic carbocycles. The van der Waals surface area contributed by atoms with Gasteiger partial charge in [0.1, 0.15) is 5.82 Å². The van der Waals surface area contributed by atoms with Crippen LogP contribution in [0.5, 0.6) is 0 Å². The van der Waals surface area contributed by atoms with E-state index in [1.165, 1.54) is 6.07 Å². The van der Waals surface area contributed by atoms with Gasteiger partial charge in [-0.1, -0.05) is 30.7 Å². The van der Waals surface area contributed by atoms with E-state index in [1.54, 1.807) is 12.1 Å². The van der Waals surface area contributed by atoms with E-state index in [-0.39, 0.29) is 11.1 Å². The van der Waals surface area contributed by atoms with Crippen LogP contribution in [-0.4, -0.2) is 0 Å². The highest BCUT2D eigenvalue weighted by molar-refractivity contribution is 6.31. The third-order valence-corrected chi connectivity index (χ3v) is 2.22. The first-order valence-electron chi connectivity index (χ1n) is 3.86. The molecule has 12 heavy (non-hydrogen) atoms. The zero-order valence-corrected chi connectivity index (χ0v) is 7.61. The molecule has 0 amide bonds. The molecule has 0 spiro atoms. The largest absolute Gasteiger partial charge is 0.324 e. The van der Waals surface area contributed by atoms with Crippen molar-refractivity contribution < 1.29 is 4.39 Å². The van der Waals surface area contributed by atoms with E-state index in [0.717, 1.165) is 6.42 Å². The first-order valence-corrected chi connectivity index (χ1v) is 4.24. The van der Waals surface area contributed by atoms with E-state index in [2.05, 4.69) is 0 Å². The van der Waals surface area contributed by atoms with Crippen molar-refractivity contribution in [3.8, 4) is 0 Å². The molecule has 0 saturated heterocycles. The maximum atomic E-state index is 12.9. The predicted octanol–water partition coefficient (Wildman–Crippen LogP) is 2.89. The van der Waals surface area contributed by atoms with Crippen LogP contribution in [0.25, 0.3) is 0 Å². The van der Waals surface area contributed by atoms with Crippen molar-refractivity contribution in [1.29, 1.82) is 0 Å². The Morgan fingerprint density at radius 2 is 2.25 bits per heavy atom. The van der Waals surface area contributed by atoms with E-state index in [0.29, 0.717) is 5.56 Å². The van der Waals surface area contributed by atoms with E-state index in [4.69, 9.17) is 17.3 Å². The average Bonchev–Trinajstić information content (AvgIpc) is 2.08. The fraction of sp³-hybridized carbons (Fsp3) is 0.333. The molecule has 1 rings (SSSR count). The van der Waals surface area contributed by atoms with Crippen LogP contribution in [0.1, 0.15) is 24.9 Å². The highest BCUT2D eigenvalue weighted by atomic mass is 35.5. The lowest BCUT2D eigenvalue weighted by atomic mass is 10.1. The van der Waals surface area contributed by atoms with Gasteiger partial charge in [0.05, 0.1) is 5.02 Å². The topological polar surface area (TPSA) is 26.0 Å². The Labute approximate surface area is 76.3 Å². The van der Waals surface area contributed by atoms with Crippen LogP contribution in [0.3, 0.4) is 0 Å². The molecule has 0 aromatic heterocycles. The Balaban J connectivity index is 3.07. The number of rotatable bonds is 2. The van der Waals surface area contributed by atoms with Gasteiger partial charge in [0, 0.05) is 6.04 Å². The second-order valence-electron chi connectivity index (χ2n) is 2.66. The molecule has 66 valence electrons. The monoisotopic (exact) mass is 187 g/mol. The van der Waals surface area contributed by atoms with Crippen LogP contribution in [0.2, 0.25) is 5.02 Å². The summed E-state index contributed by atoms with van der Waals surface area (Å²) in [5.74, 6) is -0.405. The third-order valence-electron chi connectivity index (χ3n) is 1.82. The van der Waals surface area contributed by atoms with E-state index >= 15 is 0 Å². The Morgan fingerprint density at radius 1 is 1.58 bits per heavy atom. The molecule has 2 N–H and O–H groups in total. The molecular weight excluding hydrogens is 177 g/mol. The van der Waals surface area contributed by atoms with Crippen LogP contribution in [-0.2, 0) is 0 Å². The Kier molecular flexibility index (Phi) is 3.06. The highest BCUT2D eigenvalue weighted by Gasteiger charge is 2.10. The lowest BCUT2D eigenvalue weighted by molar-refractivity contribution is 0.617. The summed E-state index contributed by atoms with van der Waals surface area (Å²) in [6, 6.07) is 4.52. The minimum absolute atomic E-state index is 0.145. The van der Waals surface area contributed by atoms with E-state index in [9.17, 15) is 4.39 Å². The van der Waals surface area contributed by atoms with Gasteiger partial charge in [0.2, 0.25) is 0 Å². The third kappa shape index (κ3) is 1.76.